The van der Waals surface area contributed by atoms with E-state index in [4.69, 9.17) is 22.3 Å². The molecule has 0 bridgehead atoms. The summed E-state index contributed by atoms with van der Waals surface area (Å²) < 4.78 is 12.3. The Hall–Kier alpha value is -1.08. The Labute approximate surface area is 93.1 Å². The molecule has 90 valence electrons. The van der Waals surface area contributed by atoms with Crippen LogP contribution in [0.2, 0.25) is 0 Å². The fraction of sp³-hybridized carbons (Fsp3) is 0.714. The number of alkyl halides is 1. The van der Waals surface area contributed by atoms with E-state index in [1.54, 1.807) is 0 Å². The molecule has 6 nitrogen and oxygen atoms in total. The minimum Gasteiger partial charge on any atom is -0.480 e. The van der Waals surface area contributed by atoms with Gasteiger partial charge in [-0.1, -0.05) is 0 Å². The molecule has 0 fully saturated rings. The molecule has 0 radical (unpaired) electrons. The van der Waals surface area contributed by atoms with E-state index in [0.29, 0.717) is 6.42 Å². The summed E-state index contributed by atoms with van der Waals surface area (Å²) in [6, 6.07) is 0. The van der Waals surface area contributed by atoms with E-state index in [2.05, 4.69) is 4.99 Å². The van der Waals surface area contributed by atoms with Crippen LogP contribution in [0.1, 0.15) is 12.8 Å². The Kier molecular flexibility index (Phi) is 7.90. The van der Waals surface area contributed by atoms with Crippen LogP contribution in [0.25, 0.3) is 0 Å². The van der Waals surface area contributed by atoms with E-state index < -0.39 is 18.2 Å². The minimum atomic E-state index is -1.82. The van der Waals surface area contributed by atoms with Gasteiger partial charge in [-0.25, -0.2) is 4.39 Å². The molecule has 7 N–H and O–H groups in total. The summed E-state index contributed by atoms with van der Waals surface area (Å²) in [7, 11) is 0. The van der Waals surface area contributed by atoms with E-state index in [0.717, 1.165) is 0 Å². The second kappa shape index (κ2) is 7.24. The summed E-state index contributed by atoms with van der Waals surface area (Å²) in [6.07, 6.45) is 0.320. The number of carbonyl (C=O) groups is 1. The highest BCUT2D eigenvalue weighted by Gasteiger charge is 2.33. The minimum absolute atomic E-state index is 0. The molecular formula is C7H16ClFN4O2. The molecular weight excluding hydrogens is 227 g/mol. The number of carboxylic acids is 1. The van der Waals surface area contributed by atoms with E-state index in [1.807, 2.05) is 0 Å². The molecule has 0 aliphatic carbocycles. The molecule has 0 amide bonds. The summed E-state index contributed by atoms with van der Waals surface area (Å²) in [5.74, 6) is -1.44. The average molecular weight is 243 g/mol. The van der Waals surface area contributed by atoms with Crippen LogP contribution in [-0.4, -0.2) is 35.8 Å². The molecule has 0 heterocycles. The van der Waals surface area contributed by atoms with Crippen molar-refractivity contribution in [1.29, 1.82) is 0 Å². The lowest BCUT2D eigenvalue weighted by atomic mass is 9.96. The molecule has 1 atom stereocenters. The maximum atomic E-state index is 12.3. The topological polar surface area (TPSA) is 128 Å². The monoisotopic (exact) mass is 242 g/mol. The van der Waals surface area contributed by atoms with Crippen molar-refractivity contribution >= 4 is 24.3 Å². The van der Waals surface area contributed by atoms with Crippen LogP contribution in [0, 0.1) is 0 Å². The quantitative estimate of drug-likeness (QED) is 0.276. The third-order valence-corrected chi connectivity index (χ3v) is 1.74. The lowest BCUT2D eigenvalue weighted by molar-refractivity contribution is -0.144. The van der Waals surface area contributed by atoms with Crippen LogP contribution < -0.4 is 17.2 Å². The highest BCUT2D eigenvalue weighted by atomic mass is 35.5. The molecule has 0 aliphatic rings. The Morgan fingerprint density at radius 2 is 2.00 bits per heavy atom. The Morgan fingerprint density at radius 1 is 1.47 bits per heavy atom. The second-order valence-corrected chi connectivity index (χ2v) is 3.01. The van der Waals surface area contributed by atoms with E-state index in [1.165, 1.54) is 0 Å². The second-order valence-electron chi connectivity index (χ2n) is 3.01. The third kappa shape index (κ3) is 6.08. The fourth-order valence-corrected chi connectivity index (χ4v) is 0.834. The predicted molar refractivity (Wildman–Crippen MR) is 57.7 cm³/mol. The van der Waals surface area contributed by atoms with Gasteiger partial charge in [-0.15, -0.1) is 12.4 Å². The van der Waals surface area contributed by atoms with Gasteiger partial charge >= 0.3 is 5.97 Å². The highest BCUT2D eigenvalue weighted by Crippen LogP contribution is 2.10. The van der Waals surface area contributed by atoms with Crippen LogP contribution in [0.3, 0.4) is 0 Å². The van der Waals surface area contributed by atoms with Gasteiger partial charge in [0.1, 0.15) is 12.2 Å². The molecule has 0 aliphatic heterocycles. The molecule has 0 aromatic rings. The number of halogens is 2. The van der Waals surface area contributed by atoms with Crippen LogP contribution in [0.4, 0.5) is 4.39 Å². The normalized spacial score (nSPS) is 13.5. The zero-order valence-electron chi connectivity index (χ0n) is 8.15. The van der Waals surface area contributed by atoms with Crippen molar-refractivity contribution in [2.24, 2.45) is 22.2 Å². The lowest BCUT2D eigenvalue weighted by Crippen LogP contribution is -2.50. The molecule has 0 rings (SSSR count). The number of hydrogen-bond acceptors (Lipinski definition) is 3. The van der Waals surface area contributed by atoms with Crippen molar-refractivity contribution in [2.45, 2.75) is 18.4 Å². The SMILES string of the molecule is Cl.NC(N)=NCCC[C@@](N)(CF)C(=O)O. The number of hydrogen-bond donors (Lipinski definition) is 4. The summed E-state index contributed by atoms with van der Waals surface area (Å²) in [5, 5.41) is 8.59. The largest absolute Gasteiger partial charge is 0.480 e. The molecule has 8 heteroatoms. The van der Waals surface area contributed by atoms with Crippen molar-refractivity contribution in [2.75, 3.05) is 13.2 Å². The smallest absolute Gasteiger partial charge is 0.326 e. The Morgan fingerprint density at radius 3 is 2.33 bits per heavy atom. The first-order valence-electron chi connectivity index (χ1n) is 4.06. The van der Waals surface area contributed by atoms with Gasteiger partial charge in [0.05, 0.1) is 0 Å². The van der Waals surface area contributed by atoms with Crippen molar-refractivity contribution in [3.63, 3.8) is 0 Å². The van der Waals surface area contributed by atoms with Crippen molar-refractivity contribution in [3.8, 4) is 0 Å². The van der Waals surface area contributed by atoms with Gasteiger partial charge in [0.15, 0.2) is 5.96 Å². The average Bonchev–Trinajstić information content (AvgIpc) is 2.11. The van der Waals surface area contributed by atoms with Gasteiger partial charge in [0.2, 0.25) is 0 Å². The maximum Gasteiger partial charge on any atom is 0.326 e. The van der Waals surface area contributed by atoms with Crippen LogP contribution in [0.5, 0.6) is 0 Å². The van der Waals surface area contributed by atoms with E-state index >= 15 is 0 Å². The number of aliphatic carboxylic acids is 1. The lowest BCUT2D eigenvalue weighted by Gasteiger charge is -2.19. The van der Waals surface area contributed by atoms with Crippen molar-refractivity contribution in [3.05, 3.63) is 0 Å². The molecule has 0 spiro atoms. The van der Waals surface area contributed by atoms with Crippen molar-refractivity contribution < 1.29 is 14.3 Å². The fourth-order valence-electron chi connectivity index (χ4n) is 0.834. The molecule has 0 unspecified atom stereocenters. The molecule has 0 aromatic heterocycles. The first kappa shape index (κ1) is 16.4. The van der Waals surface area contributed by atoms with E-state index in [9.17, 15) is 9.18 Å². The number of nitrogens with zero attached hydrogens (tertiary/aromatic N) is 1. The number of nitrogens with two attached hydrogens (primary N) is 3. The van der Waals surface area contributed by atoms with Gasteiger partial charge in [-0.05, 0) is 12.8 Å². The van der Waals surface area contributed by atoms with Crippen molar-refractivity contribution in [1.82, 2.24) is 0 Å². The van der Waals surface area contributed by atoms with Crippen LogP contribution in [0.15, 0.2) is 4.99 Å². The molecule has 0 saturated heterocycles. The van der Waals surface area contributed by atoms with E-state index in [-0.39, 0.29) is 31.3 Å². The van der Waals surface area contributed by atoms with Crippen LogP contribution >= 0.6 is 12.4 Å². The van der Waals surface area contributed by atoms with Gasteiger partial charge in [0.25, 0.3) is 0 Å². The summed E-state index contributed by atoms with van der Waals surface area (Å²) in [6.45, 7) is -0.862. The Bertz CT molecular complexity index is 235. The zero-order chi connectivity index (χ0) is 11.2. The predicted octanol–water partition coefficient (Wildman–Crippen LogP) is -0.787. The first-order chi connectivity index (χ1) is 6.42. The third-order valence-electron chi connectivity index (χ3n) is 1.74. The van der Waals surface area contributed by atoms with Gasteiger partial charge < -0.3 is 22.3 Å². The summed E-state index contributed by atoms with van der Waals surface area (Å²) >= 11 is 0. The molecule has 15 heavy (non-hydrogen) atoms. The Balaban J connectivity index is 0. The number of rotatable bonds is 6. The number of guanidine groups is 1. The van der Waals surface area contributed by atoms with Gasteiger partial charge in [-0.2, -0.15) is 0 Å². The van der Waals surface area contributed by atoms with Gasteiger partial charge in [-0.3, -0.25) is 9.79 Å². The first-order valence-corrected chi connectivity index (χ1v) is 4.06. The van der Waals surface area contributed by atoms with Gasteiger partial charge in [0, 0.05) is 6.54 Å². The molecule has 0 aromatic carbocycles. The number of carboxylic acid groups (broad SMARTS) is 1. The maximum absolute atomic E-state index is 12.3. The summed E-state index contributed by atoms with van der Waals surface area (Å²) in [4.78, 5) is 14.2. The highest BCUT2D eigenvalue weighted by molar-refractivity contribution is 5.85. The zero-order valence-corrected chi connectivity index (χ0v) is 8.97. The molecule has 0 saturated carbocycles. The number of aliphatic imine (C=N–C) groups is 1. The van der Waals surface area contributed by atoms with Crippen LogP contribution in [-0.2, 0) is 4.79 Å². The standard InChI is InChI=1S/C7H15FN4O2.ClH/c8-4-7(11,5(13)14)2-1-3-12-6(9)10;/h1-4,11H2,(H,13,14)(H4,9,10,12);1H/t7-;/m1./s1. The summed E-state index contributed by atoms with van der Waals surface area (Å²) in [5.41, 5.74) is 13.5.